The van der Waals surface area contributed by atoms with Crippen LogP contribution in [-0.4, -0.2) is 30.1 Å². The van der Waals surface area contributed by atoms with Gasteiger partial charge in [0.2, 0.25) is 5.91 Å². The van der Waals surface area contributed by atoms with Crippen LogP contribution in [0.1, 0.15) is 40.2 Å². The zero-order valence-corrected chi connectivity index (χ0v) is 13.9. The zero-order valence-electron chi connectivity index (χ0n) is 13.9. The van der Waals surface area contributed by atoms with E-state index in [1.807, 2.05) is 24.3 Å². The summed E-state index contributed by atoms with van der Waals surface area (Å²) in [6.45, 7) is 1.23. The molecule has 0 bridgehead atoms. The summed E-state index contributed by atoms with van der Waals surface area (Å²) in [6.07, 6.45) is 1.56. The van der Waals surface area contributed by atoms with Crippen LogP contribution in [0.4, 0.5) is 0 Å². The van der Waals surface area contributed by atoms with Gasteiger partial charge in [-0.15, -0.1) is 0 Å². The van der Waals surface area contributed by atoms with Gasteiger partial charge in [-0.25, -0.2) is 4.79 Å². The normalized spacial score (nSPS) is 15.8. The van der Waals surface area contributed by atoms with Crippen molar-refractivity contribution >= 4 is 11.9 Å². The number of carboxylic acids is 1. The molecule has 130 valence electrons. The predicted octanol–water partition coefficient (Wildman–Crippen LogP) is 3.00. The average molecular weight is 339 g/mol. The Hall–Kier alpha value is -2.82. The number of rotatable bonds is 6. The first-order chi connectivity index (χ1) is 12.1. The molecule has 0 spiro atoms. The molecule has 1 amide bonds. The maximum atomic E-state index is 12.2. The van der Waals surface area contributed by atoms with E-state index >= 15 is 0 Å². The first-order valence-corrected chi connectivity index (χ1v) is 8.45. The summed E-state index contributed by atoms with van der Waals surface area (Å²) >= 11 is 0. The van der Waals surface area contributed by atoms with Crippen LogP contribution in [0.15, 0.2) is 48.5 Å². The summed E-state index contributed by atoms with van der Waals surface area (Å²) in [4.78, 5) is 23.4. The van der Waals surface area contributed by atoms with Gasteiger partial charge < -0.3 is 15.2 Å². The Morgan fingerprint density at radius 2 is 1.88 bits per heavy atom. The van der Waals surface area contributed by atoms with Crippen LogP contribution in [-0.2, 0) is 11.2 Å². The second-order valence-corrected chi connectivity index (χ2v) is 6.14. The second-order valence-electron chi connectivity index (χ2n) is 6.14. The Bertz CT molecular complexity index is 772. The van der Waals surface area contributed by atoms with Crippen LogP contribution in [0.5, 0.6) is 5.75 Å². The molecule has 1 heterocycles. The molecule has 0 saturated heterocycles. The minimum atomic E-state index is -0.963. The number of para-hydroxylation sites is 1. The molecule has 0 aliphatic carbocycles. The van der Waals surface area contributed by atoms with Crippen molar-refractivity contribution in [3.05, 3.63) is 65.2 Å². The highest BCUT2D eigenvalue weighted by molar-refractivity contribution is 5.89. The summed E-state index contributed by atoms with van der Waals surface area (Å²) in [6, 6.07) is 14.7. The van der Waals surface area contributed by atoms with E-state index in [0.717, 1.165) is 17.7 Å². The van der Waals surface area contributed by atoms with E-state index < -0.39 is 5.97 Å². The fraction of sp³-hybridized carbons (Fsp3) is 0.300. The molecule has 25 heavy (non-hydrogen) atoms. The third-order valence-corrected chi connectivity index (χ3v) is 4.50. The van der Waals surface area contributed by atoms with Gasteiger partial charge in [0.1, 0.15) is 5.75 Å². The maximum Gasteiger partial charge on any atom is 0.335 e. The molecule has 2 aromatic carbocycles. The molecule has 2 aromatic rings. The summed E-state index contributed by atoms with van der Waals surface area (Å²) in [5, 5.41) is 12.2. The molecule has 5 heteroatoms. The Balaban J connectivity index is 1.54. The van der Waals surface area contributed by atoms with E-state index in [1.54, 1.807) is 24.3 Å². The largest absolute Gasteiger partial charge is 0.493 e. The Morgan fingerprint density at radius 1 is 1.12 bits per heavy atom. The molecule has 2 N–H and O–H groups in total. The molecule has 5 nitrogen and oxygen atoms in total. The number of hydrogen-bond donors (Lipinski definition) is 2. The summed E-state index contributed by atoms with van der Waals surface area (Å²) in [7, 11) is 0. The van der Waals surface area contributed by atoms with E-state index in [2.05, 4.69) is 5.32 Å². The zero-order chi connectivity index (χ0) is 17.6. The quantitative estimate of drug-likeness (QED) is 0.848. The lowest BCUT2D eigenvalue weighted by Gasteiger charge is -2.26. The Kier molecular flexibility index (Phi) is 5.33. The lowest BCUT2D eigenvalue weighted by Crippen LogP contribution is -2.31. The lowest BCUT2D eigenvalue weighted by atomic mass is 9.93. The van der Waals surface area contributed by atoms with Crippen LogP contribution in [0.3, 0.4) is 0 Å². The Labute approximate surface area is 146 Å². The van der Waals surface area contributed by atoms with Crippen LogP contribution in [0.25, 0.3) is 0 Å². The SMILES string of the molecule is O=C(CCc1ccccc1C(=O)O)NCC1CCOc2ccccc21. The number of amides is 1. The molecular weight excluding hydrogens is 318 g/mol. The number of ether oxygens (including phenoxy) is 1. The standard InChI is InChI=1S/C20H21NO4/c22-19(10-9-14-5-1-2-7-17(14)20(23)24)21-13-15-11-12-25-18-8-4-3-6-16(15)18/h1-8,15H,9-13H2,(H,21,22)(H,23,24). The number of carbonyl (C=O) groups excluding carboxylic acids is 1. The summed E-state index contributed by atoms with van der Waals surface area (Å²) in [5.74, 6) is 0.113. The van der Waals surface area contributed by atoms with Crippen molar-refractivity contribution in [3.63, 3.8) is 0 Å². The van der Waals surface area contributed by atoms with Gasteiger partial charge in [0, 0.05) is 18.9 Å². The number of carbonyl (C=O) groups is 2. The van der Waals surface area contributed by atoms with Crippen molar-refractivity contribution in [2.24, 2.45) is 0 Å². The average Bonchev–Trinajstić information content (AvgIpc) is 2.64. The number of aryl methyl sites for hydroxylation is 1. The summed E-state index contributed by atoms with van der Waals surface area (Å²) in [5.41, 5.74) is 2.07. The first-order valence-electron chi connectivity index (χ1n) is 8.45. The smallest absolute Gasteiger partial charge is 0.335 e. The fourth-order valence-corrected chi connectivity index (χ4v) is 3.15. The molecule has 1 atom stereocenters. The molecule has 0 radical (unpaired) electrons. The van der Waals surface area contributed by atoms with Gasteiger partial charge in [-0.3, -0.25) is 4.79 Å². The van der Waals surface area contributed by atoms with E-state index in [4.69, 9.17) is 4.74 Å². The van der Waals surface area contributed by atoms with E-state index in [9.17, 15) is 14.7 Å². The van der Waals surface area contributed by atoms with Crippen LogP contribution >= 0.6 is 0 Å². The minimum absolute atomic E-state index is 0.0656. The van der Waals surface area contributed by atoms with Crippen molar-refractivity contribution < 1.29 is 19.4 Å². The van der Waals surface area contributed by atoms with E-state index in [1.165, 1.54) is 0 Å². The maximum absolute atomic E-state index is 12.2. The molecule has 0 saturated carbocycles. The number of nitrogens with one attached hydrogen (secondary N) is 1. The number of hydrogen-bond acceptors (Lipinski definition) is 3. The van der Waals surface area contributed by atoms with Gasteiger partial charge in [0.15, 0.2) is 0 Å². The van der Waals surface area contributed by atoms with E-state index in [0.29, 0.717) is 25.1 Å². The number of aromatic carboxylic acids is 1. The van der Waals surface area contributed by atoms with Gasteiger partial charge >= 0.3 is 5.97 Å². The first kappa shape index (κ1) is 17.0. The highest BCUT2D eigenvalue weighted by Crippen LogP contribution is 2.32. The molecule has 0 fully saturated rings. The third-order valence-electron chi connectivity index (χ3n) is 4.50. The fourth-order valence-electron chi connectivity index (χ4n) is 3.15. The third kappa shape index (κ3) is 4.18. The highest BCUT2D eigenvalue weighted by Gasteiger charge is 2.21. The summed E-state index contributed by atoms with van der Waals surface area (Å²) < 4.78 is 5.63. The molecule has 1 aliphatic heterocycles. The number of benzene rings is 2. The highest BCUT2D eigenvalue weighted by atomic mass is 16.5. The molecule has 1 unspecified atom stereocenters. The monoisotopic (exact) mass is 339 g/mol. The van der Waals surface area contributed by atoms with Crippen molar-refractivity contribution in [1.82, 2.24) is 5.32 Å². The van der Waals surface area contributed by atoms with Gasteiger partial charge in [0.25, 0.3) is 0 Å². The van der Waals surface area contributed by atoms with Gasteiger partial charge in [0.05, 0.1) is 12.2 Å². The Morgan fingerprint density at radius 3 is 2.72 bits per heavy atom. The van der Waals surface area contributed by atoms with E-state index in [-0.39, 0.29) is 23.8 Å². The van der Waals surface area contributed by atoms with Gasteiger partial charge in [-0.1, -0.05) is 36.4 Å². The van der Waals surface area contributed by atoms with Crippen LogP contribution in [0.2, 0.25) is 0 Å². The van der Waals surface area contributed by atoms with Crippen LogP contribution < -0.4 is 10.1 Å². The molecule has 3 rings (SSSR count). The molecule has 0 aromatic heterocycles. The molecule has 1 aliphatic rings. The topological polar surface area (TPSA) is 75.6 Å². The van der Waals surface area contributed by atoms with Crippen molar-refractivity contribution in [3.8, 4) is 5.75 Å². The van der Waals surface area contributed by atoms with Crippen molar-refractivity contribution in [2.45, 2.75) is 25.2 Å². The predicted molar refractivity (Wildman–Crippen MR) is 94.0 cm³/mol. The molecular formula is C20H21NO4. The van der Waals surface area contributed by atoms with Crippen LogP contribution in [0, 0.1) is 0 Å². The van der Waals surface area contributed by atoms with Gasteiger partial charge in [-0.05, 0) is 36.1 Å². The van der Waals surface area contributed by atoms with Crippen molar-refractivity contribution in [1.29, 1.82) is 0 Å². The second kappa shape index (κ2) is 7.83. The van der Waals surface area contributed by atoms with Gasteiger partial charge in [-0.2, -0.15) is 0 Å². The van der Waals surface area contributed by atoms with Crippen molar-refractivity contribution in [2.75, 3.05) is 13.2 Å². The minimum Gasteiger partial charge on any atom is -0.493 e. The lowest BCUT2D eigenvalue weighted by molar-refractivity contribution is -0.121. The number of carboxylic acid groups (broad SMARTS) is 1. The number of fused-ring (bicyclic) bond motifs is 1.